The normalized spacial score (nSPS) is 28.5. The van der Waals surface area contributed by atoms with Crippen LogP contribution in [0.25, 0.3) is 0 Å². The molecule has 7 nitrogen and oxygen atoms in total. The fourth-order valence-electron chi connectivity index (χ4n) is 7.44. The lowest BCUT2D eigenvalue weighted by Gasteiger charge is -2.35. The van der Waals surface area contributed by atoms with Gasteiger partial charge in [-0.25, -0.2) is 12.8 Å². The van der Waals surface area contributed by atoms with Gasteiger partial charge in [0.25, 0.3) is 15.9 Å². The van der Waals surface area contributed by atoms with E-state index in [2.05, 4.69) is 21.5 Å². The Balaban J connectivity index is 1.46. The Bertz CT molecular complexity index is 1560. The van der Waals surface area contributed by atoms with E-state index in [1.54, 1.807) is 43.5 Å². The molecule has 1 aliphatic carbocycles. The molecular weight excluding hydrogens is 612 g/mol. The van der Waals surface area contributed by atoms with Crippen LogP contribution in [0.4, 0.5) is 15.8 Å². The zero-order valence-corrected chi connectivity index (χ0v) is 29.1. The summed E-state index contributed by atoms with van der Waals surface area (Å²) in [4.78, 5) is 22.1. The first-order valence-corrected chi connectivity index (χ1v) is 18.9. The van der Waals surface area contributed by atoms with Crippen LogP contribution >= 0.6 is 0 Å². The van der Waals surface area contributed by atoms with Gasteiger partial charge in [0, 0.05) is 50.2 Å². The van der Waals surface area contributed by atoms with E-state index in [-0.39, 0.29) is 22.5 Å². The van der Waals surface area contributed by atoms with Gasteiger partial charge in [0.05, 0.1) is 5.69 Å². The van der Waals surface area contributed by atoms with Gasteiger partial charge in [-0.3, -0.25) is 19.4 Å². The second-order valence-corrected chi connectivity index (χ2v) is 15.1. The molecule has 7 heterocycles. The summed E-state index contributed by atoms with van der Waals surface area (Å²) in [5, 5.41) is 0. The number of carbonyl (C=O) groups excluding carboxylic acids is 1. The summed E-state index contributed by atoms with van der Waals surface area (Å²) in [6.45, 7) is 8.83. The molecule has 0 radical (unpaired) electrons. The lowest BCUT2D eigenvalue weighted by molar-refractivity contribution is 0.0647. The van der Waals surface area contributed by atoms with Crippen molar-refractivity contribution >= 4 is 33.5 Å². The number of anilines is 1. The van der Waals surface area contributed by atoms with Crippen LogP contribution in [-0.4, -0.2) is 63.1 Å². The highest BCUT2D eigenvalue weighted by Crippen LogP contribution is 2.36. The molecule has 1 N–H and O–H groups in total. The number of amides is 1. The summed E-state index contributed by atoms with van der Waals surface area (Å²) in [6, 6.07) is 12.0. The van der Waals surface area contributed by atoms with Crippen LogP contribution < -0.4 is 4.72 Å². The number of hydrogen-bond donors (Lipinski definition) is 1. The third-order valence-electron chi connectivity index (χ3n) is 10.3. The number of rotatable bonds is 1. The van der Waals surface area contributed by atoms with Gasteiger partial charge in [0.1, 0.15) is 10.7 Å². The predicted molar refractivity (Wildman–Crippen MR) is 190 cm³/mol. The van der Waals surface area contributed by atoms with Crippen LogP contribution in [0.2, 0.25) is 0 Å². The van der Waals surface area contributed by atoms with Gasteiger partial charge in [0.15, 0.2) is 0 Å². The Morgan fingerprint density at radius 3 is 2.21 bits per heavy atom. The van der Waals surface area contributed by atoms with E-state index in [9.17, 15) is 13.2 Å². The van der Waals surface area contributed by atoms with Gasteiger partial charge >= 0.3 is 0 Å². The van der Waals surface area contributed by atoms with Gasteiger partial charge in [-0.1, -0.05) is 63.7 Å². The predicted octanol–water partition coefficient (Wildman–Crippen LogP) is 8.33. The minimum absolute atomic E-state index is 0.0963. The summed E-state index contributed by atoms with van der Waals surface area (Å²) in [5.41, 5.74) is 3.05. The molecule has 1 saturated heterocycles. The van der Waals surface area contributed by atoms with Crippen molar-refractivity contribution in [1.29, 1.82) is 0 Å². The number of piperazine rings is 1. The number of para-hydroxylation sites is 1. The number of hydrogen-bond acceptors (Lipinski definition) is 5. The van der Waals surface area contributed by atoms with Crippen molar-refractivity contribution in [3.05, 3.63) is 77.1 Å². The molecule has 7 aliphatic heterocycles. The summed E-state index contributed by atoms with van der Waals surface area (Å²) in [5.74, 6) is 0.853. The molecule has 47 heavy (non-hydrogen) atoms. The van der Waals surface area contributed by atoms with Crippen molar-refractivity contribution in [3.63, 3.8) is 0 Å². The quantitative estimate of drug-likeness (QED) is 0.312. The van der Waals surface area contributed by atoms with Gasteiger partial charge in [0.2, 0.25) is 0 Å². The van der Waals surface area contributed by atoms with Crippen molar-refractivity contribution in [2.45, 2.75) is 83.5 Å². The summed E-state index contributed by atoms with van der Waals surface area (Å²) >= 11 is 0. The van der Waals surface area contributed by atoms with E-state index in [1.807, 2.05) is 36.1 Å². The monoisotopic (exact) mass is 662 g/mol. The van der Waals surface area contributed by atoms with Crippen molar-refractivity contribution in [1.82, 2.24) is 9.80 Å². The Labute approximate surface area is 281 Å². The first-order chi connectivity index (χ1) is 22.7. The van der Waals surface area contributed by atoms with Crippen LogP contribution in [0, 0.1) is 17.8 Å². The molecule has 254 valence electrons. The van der Waals surface area contributed by atoms with Crippen molar-refractivity contribution in [3.8, 4) is 0 Å². The van der Waals surface area contributed by atoms with Crippen molar-refractivity contribution < 1.29 is 17.6 Å². The first-order valence-electron chi connectivity index (χ1n) is 17.5. The third-order valence-corrected chi connectivity index (χ3v) is 11.7. The highest BCUT2D eigenvalue weighted by atomic mass is 32.2. The fourth-order valence-corrected chi connectivity index (χ4v) is 8.69. The molecular formula is C38H51FN4O3S. The van der Waals surface area contributed by atoms with Crippen LogP contribution in [-0.2, 0) is 16.4 Å². The molecule has 9 heteroatoms. The maximum atomic E-state index is 15.7. The van der Waals surface area contributed by atoms with E-state index in [0.29, 0.717) is 61.5 Å². The van der Waals surface area contributed by atoms with Crippen LogP contribution in [0.1, 0.15) is 88.1 Å². The standard InChI is InChI=1S/C38H51FN4O3S/c1-4-30-27-42-21-23-43(24-22-42)38(44)32-17-19-34(20-18-32)41-47(45,46)36-16-10-15-33(37(36)40-5-2)26-29-11-6-8-13-31(14-9-7-12-29)28(3)25-35(30)39/h4-5,10,15-20,25,28-29,31,41H,6-9,11-14,21-24,26-27H2,1-3H3/b30-4-,35-25+,40-5?. The number of aliphatic imine (C=N–C) groups is 1. The molecule has 1 atom stereocenters. The second-order valence-electron chi connectivity index (χ2n) is 13.5. The maximum Gasteiger partial charge on any atom is 0.264 e. The summed E-state index contributed by atoms with van der Waals surface area (Å²) in [7, 11) is -3.94. The number of halogens is 1. The van der Waals surface area contributed by atoms with Crippen molar-refractivity contribution in [2.75, 3.05) is 37.4 Å². The molecule has 10 rings (SSSR count). The van der Waals surface area contributed by atoms with E-state index in [4.69, 9.17) is 0 Å². The first kappa shape index (κ1) is 35.0. The fraction of sp³-hybridized carbons (Fsp3) is 0.526. The van der Waals surface area contributed by atoms with Crippen LogP contribution in [0.15, 0.2) is 75.9 Å². The zero-order valence-electron chi connectivity index (χ0n) is 28.3. The Morgan fingerprint density at radius 1 is 0.915 bits per heavy atom. The van der Waals surface area contributed by atoms with Gasteiger partial charge in [-0.2, -0.15) is 0 Å². The van der Waals surface area contributed by atoms with Crippen LogP contribution in [0.5, 0.6) is 0 Å². The number of sulfonamides is 1. The average molecular weight is 663 g/mol. The van der Waals surface area contributed by atoms with Gasteiger partial charge in [-0.15, -0.1) is 0 Å². The van der Waals surface area contributed by atoms with Gasteiger partial charge in [-0.05, 0) is 98.4 Å². The van der Waals surface area contributed by atoms with Crippen molar-refractivity contribution in [2.24, 2.45) is 22.7 Å². The van der Waals surface area contributed by atoms with Crippen LogP contribution in [0.3, 0.4) is 0 Å². The van der Waals surface area contributed by atoms with E-state index < -0.39 is 10.0 Å². The second kappa shape index (κ2) is 16.2. The highest BCUT2D eigenvalue weighted by Gasteiger charge is 2.26. The molecule has 1 saturated carbocycles. The number of allylic oxidation sites excluding steroid dienone is 2. The smallest absolute Gasteiger partial charge is 0.264 e. The lowest BCUT2D eigenvalue weighted by Crippen LogP contribution is -2.49. The lowest BCUT2D eigenvalue weighted by atomic mass is 9.80. The SMILES string of the molecule is CC=Nc1c2cccc1S(=O)(=O)Nc1ccc(cc1)C(=O)N1CCN(CC1)CC(=C/C)/C(F)=C\C(C)C1CCCCC(CCCC1)C2. The molecule has 0 spiro atoms. The van der Waals surface area contributed by atoms with E-state index in [0.717, 1.165) is 68.9 Å². The summed E-state index contributed by atoms with van der Waals surface area (Å²) < 4.78 is 45.9. The van der Waals surface area contributed by atoms with E-state index >= 15 is 4.39 Å². The average Bonchev–Trinajstić information content (AvgIpc) is 3.06. The molecule has 2 aromatic rings. The minimum Gasteiger partial charge on any atom is -0.336 e. The molecule has 8 bridgehead atoms. The Hall–Kier alpha value is -3.30. The maximum absolute atomic E-state index is 15.7. The third kappa shape index (κ3) is 8.99. The molecule has 8 aliphatic rings. The number of carbonyl (C=O) groups is 1. The molecule has 0 aromatic heterocycles. The minimum atomic E-state index is -3.94. The summed E-state index contributed by atoms with van der Waals surface area (Å²) in [6.07, 6.45) is 14.9. The number of benzene rings is 2. The highest BCUT2D eigenvalue weighted by molar-refractivity contribution is 7.92. The largest absolute Gasteiger partial charge is 0.336 e. The number of nitrogens with zero attached hydrogens (tertiary/aromatic N) is 3. The topological polar surface area (TPSA) is 82.1 Å². The van der Waals surface area contributed by atoms with Gasteiger partial charge < -0.3 is 4.90 Å². The van der Waals surface area contributed by atoms with E-state index in [1.165, 1.54) is 0 Å². The molecule has 1 unspecified atom stereocenters. The molecule has 2 aromatic carbocycles. The number of nitrogens with one attached hydrogen (secondary N) is 1. The molecule has 1 amide bonds. The Morgan fingerprint density at radius 2 is 1.57 bits per heavy atom. The molecule has 2 fully saturated rings. The Kier molecular flexibility index (Phi) is 12.1. The zero-order chi connectivity index (χ0) is 33.4.